The number of methoxy groups -OCH3 is 1. The van der Waals surface area contributed by atoms with E-state index < -0.39 is 0 Å². The Morgan fingerprint density at radius 3 is 2.96 bits per heavy atom. The van der Waals surface area contributed by atoms with Crippen LogP contribution in [-0.4, -0.2) is 36.2 Å². The number of H-pyrrole nitrogens is 1. The topological polar surface area (TPSA) is 76.2 Å². The number of amides is 1. The summed E-state index contributed by atoms with van der Waals surface area (Å²) >= 11 is 0. The predicted molar refractivity (Wildman–Crippen MR) is 95.8 cm³/mol. The lowest BCUT2D eigenvalue weighted by atomic mass is 10.1. The third-order valence-corrected chi connectivity index (χ3v) is 3.97. The fraction of sp³-hybridized carbons (Fsp3) is 0.263. The van der Waals surface area contributed by atoms with Crippen LogP contribution in [-0.2, 0) is 11.3 Å². The van der Waals surface area contributed by atoms with E-state index in [0.717, 1.165) is 16.5 Å². The summed E-state index contributed by atoms with van der Waals surface area (Å²) in [4.78, 5) is 19.6. The number of rotatable bonds is 7. The van der Waals surface area contributed by atoms with E-state index in [4.69, 9.17) is 9.47 Å². The first-order valence-electron chi connectivity index (χ1n) is 8.21. The zero-order chi connectivity index (χ0) is 18.5. The van der Waals surface area contributed by atoms with Gasteiger partial charge in [-0.05, 0) is 36.8 Å². The SMILES string of the molecule is COCCOc1ncccc1CNC(=O)c1cc2c(C)cc(F)cc2[nH]1. The van der Waals surface area contributed by atoms with Crippen LogP contribution in [0.3, 0.4) is 0 Å². The zero-order valence-electron chi connectivity index (χ0n) is 14.6. The molecule has 1 amide bonds. The summed E-state index contributed by atoms with van der Waals surface area (Å²) in [5.74, 6) is -0.163. The number of ether oxygens (including phenoxy) is 2. The van der Waals surface area contributed by atoms with E-state index in [2.05, 4.69) is 15.3 Å². The molecule has 136 valence electrons. The number of benzene rings is 1. The van der Waals surface area contributed by atoms with Gasteiger partial charge in [0.05, 0.1) is 6.61 Å². The second kappa shape index (κ2) is 7.97. The Labute approximate surface area is 150 Å². The first kappa shape index (κ1) is 17.9. The normalized spacial score (nSPS) is 10.9. The standard InChI is InChI=1S/C19H20FN3O3/c1-12-8-14(20)9-16-15(12)10-17(23-16)18(24)22-11-13-4-3-5-21-19(13)26-7-6-25-2/h3-5,8-10,23H,6-7,11H2,1-2H3,(H,22,24). The number of halogens is 1. The van der Waals surface area contributed by atoms with Crippen molar-refractivity contribution in [1.29, 1.82) is 0 Å². The van der Waals surface area contributed by atoms with Crippen LogP contribution in [0.15, 0.2) is 36.5 Å². The van der Waals surface area contributed by atoms with Gasteiger partial charge < -0.3 is 19.8 Å². The van der Waals surface area contributed by atoms with E-state index >= 15 is 0 Å². The van der Waals surface area contributed by atoms with Crippen molar-refractivity contribution in [2.45, 2.75) is 13.5 Å². The fourth-order valence-corrected chi connectivity index (χ4v) is 2.68. The van der Waals surface area contributed by atoms with E-state index in [1.807, 2.05) is 6.07 Å². The molecule has 0 aliphatic heterocycles. The Bertz CT molecular complexity index is 924. The van der Waals surface area contributed by atoms with Gasteiger partial charge in [0.15, 0.2) is 0 Å². The molecule has 0 saturated carbocycles. The number of aromatic amines is 1. The number of aromatic nitrogens is 2. The van der Waals surface area contributed by atoms with E-state index in [9.17, 15) is 9.18 Å². The number of pyridine rings is 1. The Hall–Kier alpha value is -2.93. The monoisotopic (exact) mass is 357 g/mol. The van der Waals surface area contributed by atoms with Crippen molar-refractivity contribution in [3.05, 3.63) is 59.2 Å². The maximum Gasteiger partial charge on any atom is 0.268 e. The minimum absolute atomic E-state index is 0.262. The Kier molecular flexibility index (Phi) is 5.48. The Morgan fingerprint density at radius 1 is 1.31 bits per heavy atom. The van der Waals surface area contributed by atoms with Crippen molar-refractivity contribution in [2.24, 2.45) is 0 Å². The summed E-state index contributed by atoms with van der Waals surface area (Å²) in [5, 5.41) is 3.65. The summed E-state index contributed by atoms with van der Waals surface area (Å²) < 4.78 is 24.0. The fourth-order valence-electron chi connectivity index (χ4n) is 2.68. The molecule has 0 bridgehead atoms. The molecule has 2 aromatic heterocycles. The Morgan fingerprint density at radius 2 is 2.15 bits per heavy atom. The molecule has 2 N–H and O–H groups in total. The van der Waals surface area contributed by atoms with Crippen LogP contribution in [0.5, 0.6) is 5.88 Å². The highest BCUT2D eigenvalue weighted by atomic mass is 19.1. The van der Waals surface area contributed by atoms with Gasteiger partial charge >= 0.3 is 0 Å². The molecular weight excluding hydrogens is 337 g/mol. The van der Waals surface area contributed by atoms with Gasteiger partial charge in [-0.15, -0.1) is 0 Å². The molecule has 3 rings (SSSR count). The molecule has 0 atom stereocenters. The van der Waals surface area contributed by atoms with Gasteiger partial charge in [-0.2, -0.15) is 0 Å². The van der Waals surface area contributed by atoms with Crippen LogP contribution in [0.4, 0.5) is 4.39 Å². The summed E-state index contributed by atoms with van der Waals surface area (Å²) in [6.45, 7) is 2.90. The average Bonchev–Trinajstić information content (AvgIpc) is 3.05. The number of hydrogen-bond acceptors (Lipinski definition) is 4. The minimum Gasteiger partial charge on any atom is -0.475 e. The van der Waals surface area contributed by atoms with Crippen molar-refractivity contribution in [2.75, 3.05) is 20.3 Å². The highest BCUT2D eigenvalue weighted by Crippen LogP contribution is 2.21. The summed E-state index contributed by atoms with van der Waals surface area (Å²) in [6.07, 6.45) is 1.63. The molecule has 0 spiro atoms. The molecule has 3 aromatic rings. The van der Waals surface area contributed by atoms with Gasteiger partial charge in [-0.1, -0.05) is 6.07 Å². The van der Waals surface area contributed by atoms with Crippen molar-refractivity contribution < 1.29 is 18.7 Å². The van der Waals surface area contributed by atoms with Crippen molar-refractivity contribution in [3.63, 3.8) is 0 Å². The molecule has 2 heterocycles. The van der Waals surface area contributed by atoms with Crippen LogP contribution in [0.25, 0.3) is 10.9 Å². The lowest BCUT2D eigenvalue weighted by Crippen LogP contribution is -2.23. The molecule has 0 aliphatic rings. The molecule has 0 radical (unpaired) electrons. The maximum atomic E-state index is 13.5. The minimum atomic E-state index is -0.336. The van der Waals surface area contributed by atoms with E-state index in [-0.39, 0.29) is 18.3 Å². The van der Waals surface area contributed by atoms with E-state index in [1.165, 1.54) is 12.1 Å². The van der Waals surface area contributed by atoms with Crippen LogP contribution in [0.2, 0.25) is 0 Å². The summed E-state index contributed by atoms with van der Waals surface area (Å²) in [5.41, 5.74) is 2.50. The van der Waals surface area contributed by atoms with E-state index in [0.29, 0.717) is 30.3 Å². The highest BCUT2D eigenvalue weighted by molar-refractivity contribution is 5.98. The first-order chi connectivity index (χ1) is 12.6. The molecule has 0 saturated heterocycles. The maximum absolute atomic E-state index is 13.5. The number of carbonyl (C=O) groups is 1. The van der Waals surface area contributed by atoms with Crippen molar-refractivity contribution in [3.8, 4) is 5.88 Å². The molecule has 7 heteroatoms. The number of aryl methyl sites for hydroxylation is 1. The lowest BCUT2D eigenvalue weighted by molar-refractivity contribution is 0.0946. The quantitative estimate of drug-likeness (QED) is 0.638. The molecule has 6 nitrogen and oxygen atoms in total. The molecule has 0 unspecified atom stereocenters. The first-order valence-corrected chi connectivity index (χ1v) is 8.21. The molecule has 0 aliphatic carbocycles. The second-order valence-electron chi connectivity index (χ2n) is 5.86. The van der Waals surface area contributed by atoms with Gasteiger partial charge in [0.1, 0.15) is 18.1 Å². The van der Waals surface area contributed by atoms with Crippen LogP contribution < -0.4 is 10.1 Å². The average molecular weight is 357 g/mol. The number of nitrogens with one attached hydrogen (secondary N) is 2. The highest BCUT2D eigenvalue weighted by Gasteiger charge is 2.13. The number of carbonyl (C=O) groups excluding carboxylic acids is 1. The zero-order valence-corrected chi connectivity index (χ0v) is 14.6. The second-order valence-corrected chi connectivity index (χ2v) is 5.86. The van der Waals surface area contributed by atoms with Gasteiger partial charge in [-0.25, -0.2) is 9.37 Å². The third kappa shape index (κ3) is 4.00. The number of hydrogen-bond donors (Lipinski definition) is 2. The lowest BCUT2D eigenvalue weighted by Gasteiger charge is -2.10. The number of nitrogens with zero attached hydrogens (tertiary/aromatic N) is 1. The summed E-state index contributed by atoms with van der Waals surface area (Å²) in [7, 11) is 1.59. The van der Waals surface area contributed by atoms with Gasteiger partial charge in [0.25, 0.3) is 5.91 Å². The Balaban J connectivity index is 1.70. The van der Waals surface area contributed by atoms with Crippen LogP contribution in [0.1, 0.15) is 21.6 Å². The molecule has 1 aromatic carbocycles. The molecule has 26 heavy (non-hydrogen) atoms. The van der Waals surface area contributed by atoms with Gasteiger partial charge in [0.2, 0.25) is 5.88 Å². The molecular formula is C19H20FN3O3. The van der Waals surface area contributed by atoms with Gasteiger partial charge in [0, 0.05) is 36.3 Å². The van der Waals surface area contributed by atoms with E-state index in [1.54, 1.807) is 32.4 Å². The summed E-state index contributed by atoms with van der Waals surface area (Å²) in [6, 6.07) is 8.15. The molecule has 0 fully saturated rings. The number of fused-ring (bicyclic) bond motifs is 1. The smallest absolute Gasteiger partial charge is 0.268 e. The van der Waals surface area contributed by atoms with Gasteiger partial charge in [-0.3, -0.25) is 4.79 Å². The van der Waals surface area contributed by atoms with Crippen molar-refractivity contribution in [1.82, 2.24) is 15.3 Å². The largest absolute Gasteiger partial charge is 0.475 e. The predicted octanol–water partition coefficient (Wildman–Crippen LogP) is 2.97. The van der Waals surface area contributed by atoms with Crippen LogP contribution >= 0.6 is 0 Å². The van der Waals surface area contributed by atoms with Crippen molar-refractivity contribution >= 4 is 16.8 Å². The third-order valence-electron chi connectivity index (χ3n) is 3.97. The van der Waals surface area contributed by atoms with Crippen LogP contribution in [0, 0.1) is 12.7 Å².